The number of hydrogen-bond donors (Lipinski definition) is 3. The lowest BCUT2D eigenvalue weighted by Gasteiger charge is -2.14. The number of imidazole rings is 2. The predicted molar refractivity (Wildman–Crippen MR) is 221 cm³/mol. The summed E-state index contributed by atoms with van der Waals surface area (Å²) in [6.45, 7) is 4.16. The van der Waals surface area contributed by atoms with Gasteiger partial charge in [0.2, 0.25) is 23.5 Å². The van der Waals surface area contributed by atoms with E-state index in [9.17, 15) is 0 Å². The summed E-state index contributed by atoms with van der Waals surface area (Å²) in [6.07, 6.45) is 6.98. The van der Waals surface area contributed by atoms with Crippen molar-refractivity contribution in [2.24, 2.45) is 7.05 Å². The molecular weight excluding hydrogens is 745 g/mol. The Kier molecular flexibility index (Phi) is 9.90. The zero-order valence-corrected chi connectivity index (χ0v) is 32.1. The van der Waals surface area contributed by atoms with Gasteiger partial charge in [0.25, 0.3) is 0 Å². The summed E-state index contributed by atoms with van der Waals surface area (Å²) < 4.78 is 3.86. The van der Waals surface area contributed by atoms with Crippen LogP contribution in [-0.4, -0.2) is 79.9 Å². The van der Waals surface area contributed by atoms with Gasteiger partial charge in [0, 0.05) is 23.5 Å². The second-order valence-electron chi connectivity index (χ2n) is 13.5. The first-order chi connectivity index (χ1) is 28.9. The maximum Gasteiger partial charge on any atom is 0.225 e. The van der Waals surface area contributed by atoms with Crippen LogP contribution in [-0.2, 0) is 7.05 Å². The summed E-state index contributed by atoms with van der Waals surface area (Å²) in [7, 11) is 1.74. The van der Waals surface area contributed by atoms with Crippen molar-refractivity contribution in [2.75, 3.05) is 10.6 Å². The third-order valence-corrected chi connectivity index (χ3v) is 9.53. The Morgan fingerprint density at radius 1 is 0.576 bits per heavy atom. The van der Waals surface area contributed by atoms with Gasteiger partial charge in [0.1, 0.15) is 24.3 Å². The van der Waals surface area contributed by atoms with Gasteiger partial charge < -0.3 is 10.6 Å². The summed E-state index contributed by atoms with van der Waals surface area (Å²) in [6, 6.07) is 36.0. The van der Waals surface area contributed by atoms with E-state index in [4.69, 9.17) is 0 Å². The number of hydrogen-bond acceptors (Lipinski definition) is 14. The highest BCUT2D eigenvalue weighted by Gasteiger charge is 2.14. The van der Waals surface area contributed by atoms with Gasteiger partial charge in [-0.25, -0.2) is 19.9 Å². The van der Waals surface area contributed by atoms with Crippen molar-refractivity contribution in [2.45, 2.75) is 25.9 Å². The maximum absolute atomic E-state index is 4.68. The molecule has 0 fully saturated rings. The smallest absolute Gasteiger partial charge is 0.225 e. The van der Waals surface area contributed by atoms with Crippen molar-refractivity contribution >= 4 is 34.0 Å². The monoisotopic (exact) mass is 780 g/mol. The molecule has 18 heteroatoms. The van der Waals surface area contributed by atoms with Gasteiger partial charge in [-0.15, -0.1) is 20.4 Å². The summed E-state index contributed by atoms with van der Waals surface area (Å²) >= 11 is 0. The van der Waals surface area contributed by atoms with Crippen LogP contribution >= 0.6 is 0 Å². The average molecular weight is 781 g/mol. The third kappa shape index (κ3) is 7.90. The Labute approximate surface area is 336 Å². The predicted octanol–water partition coefficient (Wildman–Crippen LogP) is 6.35. The Bertz CT molecular complexity index is 2960. The first-order valence-electron chi connectivity index (χ1n) is 18.7. The number of anilines is 2. The first-order valence-corrected chi connectivity index (χ1v) is 18.7. The quantitative estimate of drug-likeness (QED) is 0.138. The Morgan fingerprint density at radius 2 is 1.10 bits per heavy atom. The number of fused-ring (bicyclic) bond motifs is 2. The van der Waals surface area contributed by atoms with E-state index < -0.39 is 0 Å². The molecule has 0 saturated heterocycles. The number of aromatic amines is 1. The number of aryl methyl sites for hydroxylation is 1. The molecule has 0 unspecified atom stereocenters. The van der Waals surface area contributed by atoms with E-state index in [2.05, 4.69) is 115 Å². The lowest BCUT2D eigenvalue weighted by atomic mass is 10.1. The molecule has 6 heterocycles. The molecule has 0 radical (unpaired) electrons. The normalized spacial score (nSPS) is 12.2. The number of tetrazole rings is 2. The number of aromatic nitrogens is 16. The van der Waals surface area contributed by atoms with E-state index in [1.54, 1.807) is 32.1 Å². The largest absolute Gasteiger partial charge is 0.348 e. The van der Waals surface area contributed by atoms with E-state index in [1.165, 1.54) is 15.9 Å². The number of benzene rings is 4. The molecule has 0 spiro atoms. The van der Waals surface area contributed by atoms with E-state index >= 15 is 0 Å². The van der Waals surface area contributed by atoms with Crippen LogP contribution in [0.1, 0.15) is 37.1 Å². The van der Waals surface area contributed by atoms with Gasteiger partial charge in [-0.1, -0.05) is 60.7 Å². The highest BCUT2D eigenvalue weighted by atomic mass is 15.6. The molecule has 59 heavy (non-hydrogen) atoms. The summed E-state index contributed by atoms with van der Waals surface area (Å²) in [4.78, 5) is 28.5. The zero-order valence-electron chi connectivity index (χ0n) is 32.1. The minimum absolute atomic E-state index is 0.0861. The van der Waals surface area contributed by atoms with Crippen molar-refractivity contribution in [1.29, 1.82) is 0 Å². The molecular formula is C41H36N18. The van der Waals surface area contributed by atoms with Crippen LogP contribution in [0.3, 0.4) is 0 Å². The van der Waals surface area contributed by atoms with Crippen molar-refractivity contribution in [3.63, 3.8) is 0 Å². The van der Waals surface area contributed by atoms with Crippen LogP contribution < -0.4 is 10.6 Å². The fourth-order valence-electron chi connectivity index (χ4n) is 6.50. The molecule has 0 aliphatic carbocycles. The van der Waals surface area contributed by atoms with Crippen LogP contribution in [0.5, 0.6) is 0 Å². The zero-order chi connectivity index (χ0) is 40.1. The molecule has 10 rings (SSSR count). The number of nitrogens with zero attached hydrogens (tertiary/aromatic N) is 15. The molecule has 0 saturated carbocycles. The minimum atomic E-state index is 0.0861. The molecule has 0 amide bonds. The van der Waals surface area contributed by atoms with E-state index in [1.807, 2.05) is 94.1 Å². The summed E-state index contributed by atoms with van der Waals surface area (Å²) in [5.74, 6) is 3.69. The second-order valence-corrected chi connectivity index (χ2v) is 13.5. The van der Waals surface area contributed by atoms with Crippen molar-refractivity contribution in [3.8, 4) is 34.4 Å². The molecule has 0 bridgehead atoms. The molecule has 0 aliphatic heterocycles. The van der Waals surface area contributed by atoms with E-state index in [0.29, 0.717) is 23.5 Å². The fraction of sp³-hybridized carbons (Fsp3) is 0.122. The molecule has 4 aromatic carbocycles. The van der Waals surface area contributed by atoms with Crippen LogP contribution in [0.25, 0.3) is 56.5 Å². The van der Waals surface area contributed by atoms with Gasteiger partial charge in [0.05, 0.1) is 41.2 Å². The number of rotatable bonds is 10. The number of nitrogens with one attached hydrogen (secondary N) is 3. The van der Waals surface area contributed by atoms with Gasteiger partial charge in [-0.05, 0) is 83.9 Å². The van der Waals surface area contributed by atoms with Gasteiger partial charge >= 0.3 is 0 Å². The Hall–Kier alpha value is -8.28. The highest BCUT2D eigenvalue weighted by molar-refractivity contribution is 5.83. The lowest BCUT2D eigenvalue weighted by Crippen LogP contribution is -2.10. The van der Waals surface area contributed by atoms with Gasteiger partial charge in [-0.3, -0.25) is 9.13 Å². The van der Waals surface area contributed by atoms with Crippen LogP contribution in [0.15, 0.2) is 134 Å². The van der Waals surface area contributed by atoms with Gasteiger partial charge in [0.15, 0.2) is 0 Å². The summed E-state index contributed by atoms with van der Waals surface area (Å²) in [5.41, 5.74) is 7.55. The average Bonchev–Trinajstić information content (AvgIpc) is 4.12. The molecule has 2 atom stereocenters. The highest BCUT2D eigenvalue weighted by Crippen LogP contribution is 2.25. The second kappa shape index (κ2) is 16.1. The van der Waals surface area contributed by atoms with E-state index in [-0.39, 0.29) is 12.1 Å². The molecule has 0 aliphatic rings. The minimum Gasteiger partial charge on any atom is -0.348 e. The Morgan fingerprint density at radius 3 is 1.58 bits per heavy atom. The van der Waals surface area contributed by atoms with Crippen LogP contribution in [0.4, 0.5) is 11.9 Å². The molecule has 18 nitrogen and oxygen atoms in total. The van der Waals surface area contributed by atoms with Crippen molar-refractivity contribution < 1.29 is 0 Å². The van der Waals surface area contributed by atoms with Crippen molar-refractivity contribution in [3.05, 3.63) is 145 Å². The molecule has 290 valence electrons. The molecule has 10 aromatic rings. The fourth-order valence-corrected chi connectivity index (χ4v) is 6.50. The Balaban J connectivity index is 0.000000152. The van der Waals surface area contributed by atoms with E-state index in [0.717, 1.165) is 44.8 Å². The van der Waals surface area contributed by atoms with Crippen molar-refractivity contribution in [1.82, 2.24) is 79.9 Å². The maximum atomic E-state index is 4.68. The molecule has 6 aromatic heterocycles. The standard InChI is InChI=1S/C21H19N9.C20H17N9/c1-14(15-6-4-3-5-7-15)24-21-22-11-10-19(25-21)30-13-23-17-12-16(8-9-18(17)30)20-26-28-29(2)27-20;1-13(14-5-3-2-4-6-14)23-20-21-10-9-18(24-20)29-12-22-16-11-15(7-8-17(16)29)19-25-27-28-26-19/h3-14H,1-2H3,(H,22,24,25);2-13H,1H3,(H,21,23,24)(H,25,26,27,28)/t14-;13-/m00/s1. The topological polar surface area (TPSA) is 209 Å². The lowest BCUT2D eigenvalue weighted by molar-refractivity contribution is 0.630. The van der Waals surface area contributed by atoms with Gasteiger partial charge in [-0.2, -0.15) is 20.0 Å². The summed E-state index contributed by atoms with van der Waals surface area (Å²) in [5, 5.41) is 33.0. The molecule has 3 N–H and O–H groups in total. The first kappa shape index (κ1) is 36.4. The van der Waals surface area contributed by atoms with Crippen LogP contribution in [0, 0.1) is 0 Å². The third-order valence-electron chi connectivity index (χ3n) is 9.53. The number of H-pyrrole nitrogens is 1. The van der Waals surface area contributed by atoms with Crippen LogP contribution in [0.2, 0.25) is 0 Å². The SMILES string of the molecule is C[C@H](Nc1nccc(-n2cnc3cc(-c4nn[nH]n4)ccc32)n1)c1ccccc1.C[C@H](Nc1nccc(-n2cnc3cc(-c4nnn(C)n4)ccc32)n1)c1ccccc1.